The zero-order valence-electron chi connectivity index (χ0n) is 18.2. The molecular weight excluding hydrogens is 398 g/mol. The number of benzene rings is 1. The minimum absolute atomic E-state index is 0.0405. The fraction of sp³-hybridized carbons (Fsp3) is 0.435. The molecule has 0 saturated carbocycles. The summed E-state index contributed by atoms with van der Waals surface area (Å²) in [5, 5.41) is 4.35. The summed E-state index contributed by atoms with van der Waals surface area (Å²) in [7, 11) is 5.07. The SMILES string of the molecule is COc1ccc(-c2cn(C)c(=O)c3cc(CN4CC(C)NC(C)C4)sc23)cc1OC. The van der Waals surface area contributed by atoms with Crippen LogP contribution in [0.15, 0.2) is 35.3 Å². The predicted molar refractivity (Wildman–Crippen MR) is 123 cm³/mol. The lowest BCUT2D eigenvalue weighted by Gasteiger charge is -2.35. The molecule has 1 aromatic carbocycles. The van der Waals surface area contributed by atoms with Crippen LogP contribution < -0.4 is 20.3 Å². The van der Waals surface area contributed by atoms with Crippen molar-refractivity contribution in [2.24, 2.45) is 7.05 Å². The van der Waals surface area contributed by atoms with Crippen LogP contribution in [-0.4, -0.2) is 48.9 Å². The third kappa shape index (κ3) is 3.97. The zero-order valence-corrected chi connectivity index (χ0v) is 19.0. The molecule has 1 fully saturated rings. The van der Waals surface area contributed by atoms with Gasteiger partial charge in [-0.15, -0.1) is 11.3 Å². The maximum absolute atomic E-state index is 12.8. The molecule has 7 heteroatoms. The van der Waals surface area contributed by atoms with Gasteiger partial charge in [-0.3, -0.25) is 9.69 Å². The Kier molecular flexibility index (Phi) is 5.86. The van der Waals surface area contributed by atoms with Crippen LogP contribution >= 0.6 is 11.3 Å². The first-order valence-corrected chi connectivity index (χ1v) is 11.0. The van der Waals surface area contributed by atoms with Crippen LogP contribution in [0.2, 0.25) is 0 Å². The van der Waals surface area contributed by atoms with Crippen LogP contribution in [0.4, 0.5) is 0 Å². The minimum atomic E-state index is 0.0405. The molecule has 0 spiro atoms. The lowest BCUT2D eigenvalue weighted by atomic mass is 10.1. The van der Waals surface area contributed by atoms with Gasteiger partial charge in [-0.25, -0.2) is 0 Å². The van der Waals surface area contributed by atoms with E-state index in [1.54, 1.807) is 30.1 Å². The predicted octanol–water partition coefficient (Wildman–Crippen LogP) is 3.47. The number of hydrogen-bond donors (Lipinski definition) is 1. The van der Waals surface area contributed by atoms with Gasteiger partial charge < -0.3 is 19.4 Å². The summed E-state index contributed by atoms with van der Waals surface area (Å²) < 4.78 is 13.6. The van der Waals surface area contributed by atoms with Crippen molar-refractivity contribution < 1.29 is 9.47 Å². The first-order valence-electron chi connectivity index (χ1n) is 10.2. The molecule has 160 valence electrons. The van der Waals surface area contributed by atoms with Crippen molar-refractivity contribution in [1.82, 2.24) is 14.8 Å². The van der Waals surface area contributed by atoms with Gasteiger partial charge in [0.15, 0.2) is 11.5 Å². The van der Waals surface area contributed by atoms with Crippen LogP contribution in [0, 0.1) is 0 Å². The number of rotatable bonds is 5. The second kappa shape index (κ2) is 8.41. The van der Waals surface area contributed by atoms with Crippen LogP contribution in [0.5, 0.6) is 11.5 Å². The van der Waals surface area contributed by atoms with Crippen LogP contribution in [0.25, 0.3) is 21.2 Å². The number of piperazine rings is 1. The van der Waals surface area contributed by atoms with E-state index in [2.05, 4.69) is 30.1 Å². The number of thiophene rings is 1. The Morgan fingerprint density at radius 3 is 2.47 bits per heavy atom. The number of nitrogens with zero attached hydrogens (tertiary/aromatic N) is 2. The highest BCUT2D eigenvalue weighted by Crippen LogP contribution is 2.37. The van der Waals surface area contributed by atoms with Gasteiger partial charge in [-0.1, -0.05) is 6.07 Å². The van der Waals surface area contributed by atoms with Crippen molar-refractivity contribution in [3.8, 4) is 22.6 Å². The standard InChI is InChI=1S/C23H29N3O3S/c1-14-10-26(11-15(2)24-14)12-17-9-18-22(30-17)19(13-25(3)23(18)27)16-6-7-20(28-4)21(8-16)29-5/h6-9,13-15,24H,10-12H2,1-5H3. The molecule has 2 unspecified atom stereocenters. The summed E-state index contributed by atoms with van der Waals surface area (Å²) in [4.78, 5) is 16.5. The van der Waals surface area contributed by atoms with E-state index in [9.17, 15) is 4.79 Å². The third-order valence-corrected chi connectivity index (χ3v) is 6.76. The Balaban J connectivity index is 1.76. The van der Waals surface area contributed by atoms with Gasteiger partial charge in [-0.2, -0.15) is 0 Å². The zero-order chi connectivity index (χ0) is 21.4. The number of methoxy groups -OCH3 is 2. The van der Waals surface area contributed by atoms with Crippen LogP contribution in [0.3, 0.4) is 0 Å². The summed E-state index contributed by atoms with van der Waals surface area (Å²) in [6.07, 6.45) is 1.92. The quantitative estimate of drug-likeness (QED) is 0.676. The molecule has 1 aliphatic heterocycles. The van der Waals surface area contributed by atoms with E-state index in [1.807, 2.05) is 31.4 Å². The fourth-order valence-corrected chi connectivity index (χ4v) is 5.60. The van der Waals surface area contributed by atoms with Gasteiger partial charge in [-0.05, 0) is 37.6 Å². The average Bonchev–Trinajstić information content (AvgIpc) is 3.13. The van der Waals surface area contributed by atoms with Crippen LogP contribution in [-0.2, 0) is 13.6 Å². The number of hydrogen-bond acceptors (Lipinski definition) is 6. The highest BCUT2D eigenvalue weighted by molar-refractivity contribution is 7.19. The van der Waals surface area contributed by atoms with Gasteiger partial charge in [0.25, 0.3) is 5.56 Å². The van der Waals surface area contributed by atoms with E-state index in [0.717, 1.165) is 40.8 Å². The summed E-state index contributed by atoms with van der Waals surface area (Å²) in [6.45, 7) is 7.33. The molecule has 0 bridgehead atoms. The Morgan fingerprint density at radius 1 is 1.10 bits per heavy atom. The van der Waals surface area contributed by atoms with E-state index < -0.39 is 0 Å². The molecule has 6 nitrogen and oxygen atoms in total. The lowest BCUT2D eigenvalue weighted by Crippen LogP contribution is -2.53. The number of aryl methyl sites for hydroxylation is 1. The first kappa shape index (κ1) is 20.9. The molecule has 2 atom stereocenters. The van der Waals surface area contributed by atoms with Crippen molar-refractivity contribution in [3.63, 3.8) is 0 Å². The van der Waals surface area contributed by atoms with Gasteiger partial charge in [0.05, 0.1) is 19.6 Å². The molecule has 0 amide bonds. The second-order valence-electron chi connectivity index (χ2n) is 8.15. The molecule has 1 aliphatic rings. The highest BCUT2D eigenvalue weighted by Gasteiger charge is 2.22. The van der Waals surface area contributed by atoms with Crippen molar-refractivity contribution in [3.05, 3.63) is 45.7 Å². The van der Waals surface area contributed by atoms with Gasteiger partial charge in [0.1, 0.15) is 0 Å². The normalized spacial score (nSPS) is 19.9. The maximum atomic E-state index is 12.8. The van der Waals surface area contributed by atoms with Crippen molar-refractivity contribution in [2.75, 3.05) is 27.3 Å². The number of ether oxygens (including phenoxy) is 2. The number of fused-ring (bicyclic) bond motifs is 1. The Labute approximate surface area is 181 Å². The summed E-state index contributed by atoms with van der Waals surface area (Å²) in [6, 6.07) is 8.90. The number of aromatic nitrogens is 1. The Bertz CT molecular complexity index is 1110. The summed E-state index contributed by atoms with van der Waals surface area (Å²) in [5.41, 5.74) is 2.08. The topological polar surface area (TPSA) is 55.7 Å². The highest BCUT2D eigenvalue weighted by atomic mass is 32.1. The number of nitrogens with one attached hydrogen (secondary N) is 1. The minimum Gasteiger partial charge on any atom is -0.493 e. The summed E-state index contributed by atoms with van der Waals surface area (Å²) in [5.74, 6) is 1.37. The summed E-state index contributed by atoms with van der Waals surface area (Å²) >= 11 is 1.71. The lowest BCUT2D eigenvalue weighted by molar-refractivity contribution is 0.168. The fourth-order valence-electron chi connectivity index (χ4n) is 4.38. The van der Waals surface area contributed by atoms with E-state index in [4.69, 9.17) is 9.47 Å². The molecule has 3 aromatic rings. The molecule has 0 aliphatic carbocycles. The molecule has 1 N–H and O–H groups in total. The molecule has 2 aromatic heterocycles. The maximum Gasteiger partial charge on any atom is 0.259 e. The van der Waals surface area contributed by atoms with Crippen molar-refractivity contribution in [1.29, 1.82) is 0 Å². The molecule has 30 heavy (non-hydrogen) atoms. The van der Waals surface area contributed by atoms with Crippen molar-refractivity contribution in [2.45, 2.75) is 32.5 Å². The van der Waals surface area contributed by atoms with Gasteiger partial charge in [0, 0.05) is 60.1 Å². The molecule has 3 heterocycles. The molecule has 0 radical (unpaired) electrons. The number of pyridine rings is 1. The van der Waals surface area contributed by atoms with Gasteiger partial charge in [0.2, 0.25) is 0 Å². The van der Waals surface area contributed by atoms with Crippen molar-refractivity contribution >= 4 is 21.4 Å². The third-order valence-electron chi connectivity index (χ3n) is 5.61. The molecule has 4 rings (SSSR count). The largest absolute Gasteiger partial charge is 0.493 e. The second-order valence-corrected chi connectivity index (χ2v) is 9.28. The average molecular weight is 428 g/mol. The van der Waals surface area contributed by atoms with E-state index in [-0.39, 0.29) is 5.56 Å². The van der Waals surface area contributed by atoms with E-state index in [0.29, 0.717) is 23.6 Å². The molecule has 1 saturated heterocycles. The van der Waals surface area contributed by atoms with E-state index in [1.165, 1.54) is 4.88 Å². The molecular formula is C23H29N3O3S. The smallest absolute Gasteiger partial charge is 0.259 e. The Hall–Kier alpha value is -2.35. The first-order chi connectivity index (χ1) is 14.4. The van der Waals surface area contributed by atoms with Gasteiger partial charge >= 0.3 is 0 Å². The Morgan fingerprint density at radius 2 is 1.80 bits per heavy atom. The van der Waals surface area contributed by atoms with Crippen LogP contribution in [0.1, 0.15) is 18.7 Å². The monoisotopic (exact) mass is 427 g/mol. The van der Waals surface area contributed by atoms with E-state index >= 15 is 0 Å².